The van der Waals surface area contributed by atoms with Crippen molar-refractivity contribution in [2.24, 2.45) is 0 Å². The third-order valence-corrected chi connectivity index (χ3v) is 14.7. The second-order valence-corrected chi connectivity index (χ2v) is 22.7. The number of ether oxygens (including phenoxy) is 3. The van der Waals surface area contributed by atoms with Gasteiger partial charge < -0.3 is 14.2 Å². The minimum atomic E-state index is -0.800. The summed E-state index contributed by atoms with van der Waals surface area (Å²) >= 11 is 0. The zero-order valence-electron chi connectivity index (χ0n) is 53.7. The smallest absolute Gasteiger partial charge is 0.306 e. The van der Waals surface area contributed by atoms with Gasteiger partial charge in [0.05, 0.1) is 0 Å². The van der Waals surface area contributed by atoms with Crippen molar-refractivity contribution < 1.29 is 28.6 Å². The summed E-state index contributed by atoms with van der Waals surface area (Å²) in [5.41, 5.74) is 0. The average molecular weight is 1140 g/mol. The van der Waals surface area contributed by atoms with Crippen molar-refractivity contribution in [3.8, 4) is 0 Å². The Morgan fingerprint density at radius 2 is 0.476 bits per heavy atom. The molecular formula is C76H128O6. The van der Waals surface area contributed by atoms with Gasteiger partial charge >= 0.3 is 17.9 Å². The van der Waals surface area contributed by atoms with E-state index in [1.54, 1.807) is 0 Å². The molecule has 468 valence electrons. The molecule has 1 unspecified atom stereocenters. The van der Waals surface area contributed by atoms with Crippen molar-refractivity contribution in [1.29, 1.82) is 0 Å². The van der Waals surface area contributed by atoms with E-state index >= 15 is 0 Å². The van der Waals surface area contributed by atoms with Gasteiger partial charge in [0.1, 0.15) is 13.2 Å². The molecule has 0 radical (unpaired) electrons. The number of hydrogen-bond acceptors (Lipinski definition) is 6. The molecule has 0 bridgehead atoms. The molecule has 0 fully saturated rings. The van der Waals surface area contributed by atoms with Gasteiger partial charge in [0.15, 0.2) is 6.10 Å². The molecule has 0 aliphatic heterocycles. The predicted molar refractivity (Wildman–Crippen MR) is 357 cm³/mol. The number of hydrogen-bond donors (Lipinski definition) is 0. The van der Waals surface area contributed by atoms with Crippen LogP contribution in [0.2, 0.25) is 0 Å². The minimum Gasteiger partial charge on any atom is -0.462 e. The number of allylic oxidation sites excluding steroid dienone is 20. The summed E-state index contributed by atoms with van der Waals surface area (Å²) in [5.74, 6) is -0.932. The highest BCUT2D eigenvalue weighted by Crippen LogP contribution is 2.17. The topological polar surface area (TPSA) is 78.9 Å². The predicted octanol–water partition coefficient (Wildman–Crippen LogP) is 23.9. The van der Waals surface area contributed by atoms with E-state index in [1.807, 2.05) is 0 Å². The fraction of sp³-hybridized carbons (Fsp3) is 0.697. The Hall–Kier alpha value is -4.19. The van der Waals surface area contributed by atoms with Crippen LogP contribution in [0.5, 0.6) is 0 Å². The molecule has 82 heavy (non-hydrogen) atoms. The third kappa shape index (κ3) is 66.6. The minimum absolute atomic E-state index is 0.0932. The van der Waals surface area contributed by atoms with Crippen LogP contribution in [-0.2, 0) is 28.6 Å². The van der Waals surface area contributed by atoms with Gasteiger partial charge in [-0.25, -0.2) is 0 Å². The first-order chi connectivity index (χ1) is 40.5. The lowest BCUT2D eigenvalue weighted by Crippen LogP contribution is -2.30. The van der Waals surface area contributed by atoms with Gasteiger partial charge in [0, 0.05) is 19.3 Å². The summed E-state index contributed by atoms with van der Waals surface area (Å²) in [5, 5.41) is 0. The van der Waals surface area contributed by atoms with Crippen LogP contribution in [0, 0.1) is 0 Å². The van der Waals surface area contributed by atoms with E-state index in [2.05, 4.69) is 142 Å². The summed E-state index contributed by atoms with van der Waals surface area (Å²) in [6, 6.07) is 0. The number of carbonyl (C=O) groups excluding carboxylic acids is 3. The molecule has 6 nitrogen and oxygen atoms in total. The van der Waals surface area contributed by atoms with Gasteiger partial charge in [-0.3, -0.25) is 14.4 Å². The normalized spacial score (nSPS) is 12.9. The van der Waals surface area contributed by atoms with Gasteiger partial charge in [0.2, 0.25) is 0 Å². The first-order valence-electron chi connectivity index (χ1n) is 34.5. The standard InChI is InChI=1S/C76H128O6/c1-4-7-10-13-16-19-21-23-25-27-29-31-32-33-34-35-36-37-38-39-40-41-42-43-44-46-47-49-51-53-55-57-60-63-66-69-75(78)81-72-73(71-80-74(77)68-65-62-59-18-15-12-9-6-3)82-76(79)70-67-64-61-58-56-54-52-50-48-45-30-28-26-24-22-20-17-14-11-8-5-2/h7-8,10-11,16-17,19-20,23-26,29-31,45,50,52,56,58,73H,4-6,9,12-15,18,21-22,27-28,32-44,46-49,51,53-55,57,59-72H2,1-3H3/b10-7-,11-8-,19-16-,20-17-,25-23-,26-24-,31-29-,45-30-,52-50-,58-56-. The van der Waals surface area contributed by atoms with E-state index < -0.39 is 6.10 Å². The van der Waals surface area contributed by atoms with Gasteiger partial charge in [0.25, 0.3) is 0 Å². The zero-order valence-corrected chi connectivity index (χ0v) is 53.7. The van der Waals surface area contributed by atoms with Crippen molar-refractivity contribution in [3.05, 3.63) is 122 Å². The Balaban J connectivity index is 4.09. The van der Waals surface area contributed by atoms with Crippen molar-refractivity contribution >= 4 is 17.9 Å². The highest BCUT2D eigenvalue weighted by molar-refractivity contribution is 5.71. The lowest BCUT2D eigenvalue weighted by molar-refractivity contribution is -0.167. The molecule has 0 heterocycles. The van der Waals surface area contributed by atoms with Crippen LogP contribution in [-0.4, -0.2) is 37.2 Å². The number of rotatable bonds is 62. The van der Waals surface area contributed by atoms with Crippen LogP contribution in [0.15, 0.2) is 122 Å². The summed E-state index contributed by atoms with van der Waals surface area (Å²) in [4.78, 5) is 38.2. The number of carbonyl (C=O) groups is 3. The zero-order chi connectivity index (χ0) is 59.2. The fourth-order valence-corrected chi connectivity index (χ4v) is 9.62. The molecule has 6 heteroatoms. The Kier molecular flexibility index (Phi) is 65.8. The van der Waals surface area contributed by atoms with Crippen molar-refractivity contribution in [2.45, 2.75) is 329 Å². The monoisotopic (exact) mass is 1140 g/mol. The first kappa shape index (κ1) is 77.8. The van der Waals surface area contributed by atoms with Crippen LogP contribution in [0.25, 0.3) is 0 Å². The second kappa shape index (κ2) is 69.3. The number of esters is 3. The molecule has 1 atom stereocenters. The lowest BCUT2D eigenvalue weighted by atomic mass is 10.0. The Bertz CT molecular complexity index is 1690. The molecule has 0 spiro atoms. The van der Waals surface area contributed by atoms with E-state index in [9.17, 15) is 14.4 Å². The summed E-state index contributed by atoms with van der Waals surface area (Å²) < 4.78 is 16.8. The molecule has 0 aliphatic rings. The van der Waals surface area contributed by atoms with Crippen molar-refractivity contribution in [3.63, 3.8) is 0 Å². The maximum atomic E-state index is 12.9. The van der Waals surface area contributed by atoms with Crippen LogP contribution in [0.4, 0.5) is 0 Å². The quantitative estimate of drug-likeness (QED) is 0.0261. The summed E-state index contributed by atoms with van der Waals surface area (Å²) in [7, 11) is 0. The van der Waals surface area contributed by atoms with Gasteiger partial charge in [-0.1, -0.05) is 316 Å². The molecule has 0 aromatic rings. The largest absolute Gasteiger partial charge is 0.462 e. The Labute approximate surface area is 507 Å². The van der Waals surface area contributed by atoms with Gasteiger partial charge in [-0.05, 0) is 109 Å². The van der Waals surface area contributed by atoms with Crippen LogP contribution in [0.3, 0.4) is 0 Å². The van der Waals surface area contributed by atoms with Crippen LogP contribution < -0.4 is 0 Å². The molecule has 0 aromatic heterocycles. The van der Waals surface area contributed by atoms with Gasteiger partial charge in [-0.15, -0.1) is 0 Å². The Morgan fingerprint density at radius 3 is 0.768 bits per heavy atom. The molecule has 0 amide bonds. The Morgan fingerprint density at radius 1 is 0.256 bits per heavy atom. The van der Waals surface area contributed by atoms with E-state index in [0.717, 1.165) is 116 Å². The fourth-order valence-electron chi connectivity index (χ4n) is 9.62. The van der Waals surface area contributed by atoms with Crippen molar-refractivity contribution in [2.75, 3.05) is 13.2 Å². The summed E-state index contributed by atoms with van der Waals surface area (Å²) in [6.45, 7) is 6.37. The van der Waals surface area contributed by atoms with E-state index in [1.165, 1.54) is 161 Å². The second-order valence-electron chi connectivity index (χ2n) is 22.7. The van der Waals surface area contributed by atoms with Crippen LogP contribution >= 0.6 is 0 Å². The van der Waals surface area contributed by atoms with Crippen LogP contribution in [0.1, 0.15) is 323 Å². The van der Waals surface area contributed by atoms with E-state index in [0.29, 0.717) is 19.3 Å². The molecule has 0 N–H and O–H groups in total. The molecule has 0 rings (SSSR count). The molecular weight excluding hydrogens is 1010 g/mol. The maximum Gasteiger partial charge on any atom is 0.306 e. The SMILES string of the molecule is CC/C=C\C/C=C\C/C=C\C/C=C\C/C=C\C/C=C\CCCCC(=O)OC(COC(=O)CCCCCCCCCC)COC(=O)CCCCCCCCCCCCCCCCCCCCCCCC/C=C\C/C=C\C/C=C\C/C=C\CC. The van der Waals surface area contributed by atoms with Crippen molar-refractivity contribution in [1.82, 2.24) is 0 Å². The number of unbranched alkanes of at least 4 members (excludes halogenated alkanes) is 31. The van der Waals surface area contributed by atoms with E-state index in [-0.39, 0.29) is 37.5 Å². The first-order valence-corrected chi connectivity index (χ1v) is 34.5. The molecule has 0 saturated carbocycles. The molecule has 0 aliphatic carbocycles. The maximum absolute atomic E-state index is 12.9. The highest BCUT2D eigenvalue weighted by Gasteiger charge is 2.19. The van der Waals surface area contributed by atoms with E-state index in [4.69, 9.17) is 14.2 Å². The third-order valence-electron chi connectivity index (χ3n) is 14.7. The summed E-state index contributed by atoms with van der Waals surface area (Å²) in [6.07, 6.45) is 96.9. The molecule has 0 saturated heterocycles. The average Bonchev–Trinajstić information content (AvgIpc) is 3.48. The van der Waals surface area contributed by atoms with Gasteiger partial charge in [-0.2, -0.15) is 0 Å². The lowest BCUT2D eigenvalue weighted by Gasteiger charge is -2.18. The molecule has 0 aromatic carbocycles. The highest BCUT2D eigenvalue weighted by atomic mass is 16.6.